The number of nitrogens with zero attached hydrogens (tertiary/aromatic N) is 1. The number of benzene rings is 1. The predicted octanol–water partition coefficient (Wildman–Crippen LogP) is 2.29. The lowest BCUT2D eigenvalue weighted by atomic mass is 9.81. The third kappa shape index (κ3) is 4.25. The van der Waals surface area contributed by atoms with Crippen LogP contribution in [0.5, 0.6) is 0 Å². The van der Waals surface area contributed by atoms with Gasteiger partial charge in [-0.3, -0.25) is 24.1 Å². The lowest BCUT2D eigenvalue weighted by Gasteiger charge is -2.26. The lowest BCUT2D eigenvalue weighted by Crippen LogP contribution is -2.35. The van der Waals surface area contributed by atoms with Crippen molar-refractivity contribution in [1.29, 1.82) is 0 Å². The van der Waals surface area contributed by atoms with Crippen LogP contribution in [-0.4, -0.2) is 41.7 Å². The van der Waals surface area contributed by atoms with Gasteiger partial charge >= 0.3 is 5.97 Å². The Hall–Kier alpha value is -2.70. The zero-order valence-electron chi connectivity index (χ0n) is 17.1. The third-order valence-electron chi connectivity index (χ3n) is 6.54. The van der Waals surface area contributed by atoms with E-state index in [0.29, 0.717) is 0 Å². The van der Waals surface area contributed by atoms with E-state index in [1.165, 1.54) is 10.5 Å². The highest BCUT2D eigenvalue weighted by molar-refractivity contribution is 6.05. The maximum atomic E-state index is 12.4. The standard InChI is InChI=1S/C23H28N2O5/c26-20(24-19-11-5-7-15-6-1-2-8-16(15)19)14-30-21(27)12-13-25-22(28)17-9-3-4-10-18(17)23(25)29/h1-2,6,8,17-19H,3-5,7,9-14H2,(H,24,26)/t17-,18-,19+/m1/s1. The molecule has 3 aliphatic rings. The van der Waals surface area contributed by atoms with E-state index in [4.69, 9.17) is 4.74 Å². The van der Waals surface area contributed by atoms with Crippen molar-refractivity contribution in [2.24, 2.45) is 11.8 Å². The van der Waals surface area contributed by atoms with Gasteiger partial charge in [-0.1, -0.05) is 37.1 Å². The molecule has 1 aromatic carbocycles. The van der Waals surface area contributed by atoms with E-state index in [-0.39, 0.29) is 55.2 Å². The van der Waals surface area contributed by atoms with Crippen molar-refractivity contribution in [3.63, 3.8) is 0 Å². The summed E-state index contributed by atoms with van der Waals surface area (Å²) in [5.74, 6) is -1.68. The van der Waals surface area contributed by atoms with Crippen LogP contribution in [0.1, 0.15) is 62.1 Å². The molecule has 1 saturated heterocycles. The molecule has 160 valence electrons. The number of carbonyl (C=O) groups is 4. The fourth-order valence-corrected chi connectivity index (χ4v) is 5.01. The lowest BCUT2D eigenvalue weighted by molar-refractivity contribution is -0.150. The highest BCUT2D eigenvalue weighted by Crippen LogP contribution is 2.38. The predicted molar refractivity (Wildman–Crippen MR) is 108 cm³/mol. The van der Waals surface area contributed by atoms with Gasteiger partial charge in [-0.15, -0.1) is 0 Å². The normalized spacial score (nSPS) is 25.5. The number of amides is 3. The van der Waals surface area contributed by atoms with Crippen LogP contribution in [0.3, 0.4) is 0 Å². The largest absolute Gasteiger partial charge is 0.456 e. The summed E-state index contributed by atoms with van der Waals surface area (Å²) in [4.78, 5) is 50.4. The Balaban J connectivity index is 1.22. The highest BCUT2D eigenvalue weighted by atomic mass is 16.5. The second-order valence-corrected chi connectivity index (χ2v) is 8.45. The topological polar surface area (TPSA) is 92.8 Å². The molecule has 1 saturated carbocycles. The van der Waals surface area contributed by atoms with Crippen molar-refractivity contribution in [3.8, 4) is 0 Å². The van der Waals surface area contributed by atoms with Gasteiger partial charge in [0.1, 0.15) is 0 Å². The van der Waals surface area contributed by atoms with Gasteiger partial charge in [-0.05, 0) is 43.2 Å². The van der Waals surface area contributed by atoms with E-state index in [9.17, 15) is 19.2 Å². The molecule has 3 amide bonds. The molecule has 0 spiro atoms. The molecule has 0 unspecified atom stereocenters. The average Bonchev–Trinajstić information content (AvgIpc) is 3.01. The minimum atomic E-state index is -0.579. The number of likely N-dealkylation sites (tertiary alicyclic amines) is 1. The number of aryl methyl sites for hydroxylation is 1. The number of esters is 1. The first kappa shape index (κ1) is 20.6. The van der Waals surface area contributed by atoms with Crippen LogP contribution < -0.4 is 5.32 Å². The van der Waals surface area contributed by atoms with E-state index in [0.717, 1.165) is 50.5 Å². The Morgan fingerprint density at radius 1 is 1.00 bits per heavy atom. The summed E-state index contributed by atoms with van der Waals surface area (Å²) >= 11 is 0. The van der Waals surface area contributed by atoms with Crippen LogP contribution in [-0.2, 0) is 30.3 Å². The molecule has 0 bridgehead atoms. The average molecular weight is 412 g/mol. The number of imide groups is 1. The van der Waals surface area contributed by atoms with Gasteiger partial charge in [0.05, 0.1) is 24.3 Å². The van der Waals surface area contributed by atoms with Gasteiger partial charge in [0.25, 0.3) is 5.91 Å². The van der Waals surface area contributed by atoms with Gasteiger partial charge in [-0.25, -0.2) is 0 Å². The molecule has 1 N–H and O–H groups in total. The molecule has 1 aliphatic heterocycles. The molecular formula is C23H28N2O5. The van der Waals surface area contributed by atoms with E-state index in [1.807, 2.05) is 18.2 Å². The summed E-state index contributed by atoms with van der Waals surface area (Å²) in [6.07, 6.45) is 6.22. The minimum Gasteiger partial charge on any atom is -0.456 e. The summed E-state index contributed by atoms with van der Waals surface area (Å²) in [5, 5.41) is 2.94. The van der Waals surface area contributed by atoms with Crippen molar-refractivity contribution in [3.05, 3.63) is 35.4 Å². The molecule has 30 heavy (non-hydrogen) atoms. The van der Waals surface area contributed by atoms with Crippen LogP contribution in [0.15, 0.2) is 24.3 Å². The number of fused-ring (bicyclic) bond motifs is 2. The van der Waals surface area contributed by atoms with E-state index < -0.39 is 5.97 Å². The van der Waals surface area contributed by atoms with Crippen LogP contribution in [0.25, 0.3) is 0 Å². The quantitative estimate of drug-likeness (QED) is 0.572. The number of ether oxygens (including phenoxy) is 1. The molecule has 1 heterocycles. The van der Waals surface area contributed by atoms with E-state index >= 15 is 0 Å². The monoisotopic (exact) mass is 412 g/mol. The first-order valence-corrected chi connectivity index (χ1v) is 10.9. The maximum Gasteiger partial charge on any atom is 0.308 e. The van der Waals surface area contributed by atoms with Crippen molar-refractivity contribution < 1.29 is 23.9 Å². The molecule has 1 aromatic rings. The van der Waals surface area contributed by atoms with Gasteiger partial charge in [0.2, 0.25) is 11.8 Å². The molecule has 7 heteroatoms. The van der Waals surface area contributed by atoms with Crippen LogP contribution >= 0.6 is 0 Å². The Morgan fingerprint density at radius 3 is 2.43 bits per heavy atom. The molecule has 4 rings (SSSR count). The van der Waals surface area contributed by atoms with Gasteiger partial charge < -0.3 is 10.1 Å². The summed E-state index contributed by atoms with van der Waals surface area (Å²) in [7, 11) is 0. The van der Waals surface area contributed by atoms with Gasteiger partial charge in [0.15, 0.2) is 6.61 Å². The van der Waals surface area contributed by atoms with Crippen molar-refractivity contribution in [1.82, 2.24) is 10.2 Å². The van der Waals surface area contributed by atoms with Gasteiger partial charge in [-0.2, -0.15) is 0 Å². The van der Waals surface area contributed by atoms with Crippen LogP contribution in [0.2, 0.25) is 0 Å². The number of hydrogen-bond donors (Lipinski definition) is 1. The Labute approximate surface area is 176 Å². The SMILES string of the molecule is O=C(COC(=O)CCN1C(=O)[C@@H]2CCCC[C@H]2C1=O)N[C@H]1CCCc2ccccc21. The smallest absolute Gasteiger partial charge is 0.308 e. The molecule has 2 aliphatic carbocycles. The first-order valence-electron chi connectivity index (χ1n) is 10.9. The Kier molecular flexibility index (Phi) is 6.16. The van der Waals surface area contributed by atoms with Crippen molar-refractivity contribution >= 4 is 23.7 Å². The maximum absolute atomic E-state index is 12.4. The summed E-state index contributed by atoms with van der Waals surface area (Å²) < 4.78 is 5.08. The van der Waals surface area contributed by atoms with Crippen LogP contribution in [0.4, 0.5) is 0 Å². The summed E-state index contributed by atoms with van der Waals surface area (Å²) in [6, 6.07) is 7.98. The van der Waals surface area contributed by atoms with Gasteiger partial charge in [0, 0.05) is 6.54 Å². The first-order chi connectivity index (χ1) is 14.5. The minimum absolute atomic E-state index is 0.0289. The van der Waals surface area contributed by atoms with Crippen LogP contribution in [0, 0.1) is 11.8 Å². The Bertz CT molecular complexity index is 828. The summed E-state index contributed by atoms with van der Waals surface area (Å²) in [6.45, 7) is -0.328. The zero-order chi connectivity index (χ0) is 21.1. The van der Waals surface area contributed by atoms with E-state index in [1.54, 1.807) is 0 Å². The van der Waals surface area contributed by atoms with Crippen molar-refractivity contribution in [2.75, 3.05) is 13.2 Å². The highest BCUT2D eigenvalue weighted by Gasteiger charge is 2.47. The molecule has 2 fully saturated rings. The van der Waals surface area contributed by atoms with Crippen molar-refractivity contribution in [2.45, 2.75) is 57.4 Å². The number of carbonyl (C=O) groups excluding carboxylic acids is 4. The number of nitrogens with one attached hydrogen (secondary N) is 1. The fraction of sp³-hybridized carbons (Fsp3) is 0.565. The molecule has 0 aromatic heterocycles. The molecular weight excluding hydrogens is 384 g/mol. The molecule has 0 radical (unpaired) electrons. The summed E-state index contributed by atoms with van der Waals surface area (Å²) in [5.41, 5.74) is 2.36. The fourth-order valence-electron chi connectivity index (χ4n) is 5.01. The molecule has 7 nitrogen and oxygen atoms in total. The third-order valence-corrected chi connectivity index (χ3v) is 6.54. The number of hydrogen-bond acceptors (Lipinski definition) is 5. The molecule has 3 atom stereocenters. The second-order valence-electron chi connectivity index (χ2n) is 8.45. The Morgan fingerprint density at radius 2 is 1.70 bits per heavy atom. The second kappa shape index (κ2) is 8.98. The number of rotatable bonds is 6. The zero-order valence-corrected chi connectivity index (χ0v) is 17.1. The van der Waals surface area contributed by atoms with E-state index in [2.05, 4.69) is 11.4 Å².